The quantitative estimate of drug-likeness (QED) is 0.467. The molecule has 0 amide bonds. The normalized spacial score (nSPS) is 3.00. The maximum Gasteiger partial charge on any atom is 1.52 e. The third kappa shape index (κ3) is 10.7. The van der Waals surface area contributed by atoms with E-state index in [0.717, 1.165) is 7.11 Å². The van der Waals surface area contributed by atoms with Crippen molar-refractivity contribution in [2.75, 3.05) is 7.11 Å². The molecule has 0 aromatic rings. The van der Waals surface area contributed by atoms with Crippen LogP contribution in [0.2, 0.25) is 0 Å². The Labute approximate surface area is 44.7 Å². The maximum absolute atomic E-state index is 7.00. The summed E-state index contributed by atoms with van der Waals surface area (Å²) in [6.07, 6.45) is 0. The first-order valence-corrected chi connectivity index (χ1v) is 4.61. The number of rotatable bonds is 0. The van der Waals surface area contributed by atoms with Crippen LogP contribution in [0, 0.1) is 0 Å². The van der Waals surface area contributed by atoms with Crippen molar-refractivity contribution in [2.24, 2.45) is 0 Å². The van der Waals surface area contributed by atoms with E-state index in [1.807, 2.05) is 0 Å². The van der Waals surface area contributed by atoms with E-state index in [1.54, 1.807) is 19.5 Å². The van der Waals surface area contributed by atoms with Crippen LogP contribution >= 0.6 is 12.9 Å². The molecule has 0 fully saturated rings. The van der Waals surface area contributed by atoms with Crippen molar-refractivity contribution in [3.05, 3.63) is 0 Å². The van der Waals surface area contributed by atoms with Crippen LogP contribution in [0.3, 0.4) is 0 Å². The minimum atomic E-state index is 1.00. The zero-order chi connectivity index (χ0) is 4.00. The van der Waals surface area contributed by atoms with Crippen molar-refractivity contribution in [3.63, 3.8) is 0 Å². The molecule has 0 unspecified atom stereocenters. The lowest BCUT2D eigenvalue weighted by molar-refractivity contribution is 0.399. The van der Waals surface area contributed by atoms with Gasteiger partial charge in [-0.15, -0.1) is 0 Å². The Kier molecular flexibility index (Phi) is 66.6. The number of aliphatic hydroxyl groups is 1. The highest BCUT2D eigenvalue weighted by Gasteiger charge is 2.13. The fourth-order valence-electron chi connectivity index (χ4n) is 0. The van der Waals surface area contributed by atoms with E-state index in [2.05, 4.69) is 12.9 Å². The van der Waals surface area contributed by atoms with Gasteiger partial charge < -0.3 is 5.11 Å². The lowest BCUT2D eigenvalue weighted by atomic mass is 11.8. The first-order chi connectivity index (χ1) is 2.00. The predicted octanol–water partition coefficient (Wildman–Crippen LogP) is 0.0733. The summed E-state index contributed by atoms with van der Waals surface area (Å²) < 4.78 is 0. The molecule has 0 saturated heterocycles. The van der Waals surface area contributed by atoms with Crippen molar-refractivity contribution in [1.82, 2.24) is 0 Å². The van der Waals surface area contributed by atoms with E-state index < -0.39 is 0 Å². The van der Waals surface area contributed by atoms with Gasteiger partial charge in [0.1, 0.15) is 0 Å². The SMILES string of the molecule is CO.[Mg+2][Br]. The Morgan fingerprint density at radius 2 is 1.50 bits per heavy atom. The molecular formula is CH4BrMgO+2. The van der Waals surface area contributed by atoms with Crippen LogP contribution in [0.5, 0.6) is 0 Å². The summed E-state index contributed by atoms with van der Waals surface area (Å²) in [4.78, 5) is 0. The summed E-state index contributed by atoms with van der Waals surface area (Å²) in [7, 11) is 1.00. The highest BCUT2D eigenvalue weighted by atomic mass is 79.9. The lowest BCUT2D eigenvalue weighted by Crippen LogP contribution is -1.25. The Balaban J connectivity index is 0. The fourth-order valence-corrected chi connectivity index (χ4v) is 0. The molecule has 0 aliphatic heterocycles. The number of hydrogen-bond acceptors (Lipinski definition) is 1. The third-order valence-corrected chi connectivity index (χ3v) is 0. The maximum atomic E-state index is 7.00. The first-order valence-electron chi connectivity index (χ1n) is 0.714. The lowest BCUT2D eigenvalue weighted by Gasteiger charge is -1.21. The molecule has 3 heteroatoms. The van der Waals surface area contributed by atoms with Gasteiger partial charge in [0.2, 0.25) is 0 Å². The van der Waals surface area contributed by atoms with Crippen LogP contribution in [-0.2, 0) is 0 Å². The largest absolute Gasteiger partial charge is 1.52 e. The number of hydrogen-bond donors (Lipinski definition) is 1. The molecule has 0 aliphatic carbocycles. The highest BCUT2D eigenvalue weighted by molar-refractivity contribution is 9.22. The van der Waals surface area contributed by atoms with Crippen molar-refractivity contribution in [3.8, 4) is 0 Å². The summed E-state index contributed by atoms with van der Waals surface area (Å²) in [6, 6.07) is 0. The van der Waals surface area contributed by atoms with Crippen molar-refractivity contribution in [1.29, 1.82) is 0 Å². The molecular weight excluding hydrogens is 132 g/mol. The monoisotopic (exact) mass is 135 g/mol. The van der Waals surface area contributed by atoms with Gasteiger partial charge >= 0.3 is 32.4 Å². The fraction of sp³-hybridized carbons (Fsp3) is 1.00. The second-order valence-corrected chi connectivity index (χ2v) is 0. The molecule has 0 aromatic carbocycles. The standard InChI is InChI=1S/CH4O.BrH.Mg/c1-2;;/h2H,1H3;1H;/q;;+3/p-1. The Hall–Kier alpha value is 1.21. The average Bonchev–Trinajstić information content (AvgIpc) is 1.50. The van der Waals surface area contributed by atoms with E-state index in [9.17, 15) is 0 Å². The summed E-state index contributed by atoms with van der Waals surface area (Å²) in [5.74, 6) is 0. The first kappa shape index (κ1) is 8.96. The Bertz CT molecular complexity index is 8.00. The molecule has 1 nitrogen and oxygen atoms in total. The van der Waals surface area contributed by atoms with Crippen LogP contribution in [0.15, 0.2) is 0 Å². The average molecular weight is 136 g/mol. The Morgan fingerprint density at radius 1 is 1.50 bits per heavy atom. The van der Waals surface area contributed by atoms with E-state index in [0.29, 0.717) is 0 Å². The molecule has 7 radical (unpaired) electrons. The molecule has 21 valence electrons. The van der Waals surface area contributed by atoms with Gasteiger partial charge in [0.25, 0.3) is 0 Å². The molecule has 4 heavy (non-hydrogen) atoms. The molecule has 0 aliphatic rings. The summed E-state index contributed by atoms with van der Waals surface area (Å²) in [5, 5.41) is 7.00. The van der Waals surface area contributed by atoms with Gasteiger partial charge in [-0.3, -0.25) is 0 Å². The van der Waals surface area contributed by atoms with Gasteiger partial charge in [-0.05, 0) is 0 Å². The number of aliphatic hydroxyl groups excluding tert-OH is 1. The highest BCUT2D eigenvalue weighted by Crippen LogP contribution is 1.41. The van der Waals surface area contributed by atoms with Crippen LogP contribution in [-0.4, -0.2) is 31.8 Å². The van der Waals surface area contributed by atoms with Gasteiger partial charge in [-0.2, -0.15) is 0 Å². The topological polar surface area (TPSA) is 20.2 Å². The molecule has 0 heterocycles. The van der Waals surface area contributed by atoms with Crippen LogP contribution in [0.4, 0.5) is 0 Å². The zero-order valence-corrected chi connectivity index (χ0v) is 5.53. The molecule has 0 aromatic heterocycles. The van der Waals surface area contributed by atoms with Gasteiger partial charge in [0, 0.05) is 7.11 Å². The van der Waals surface area contributed by atoms with Crippen molar-refractivity contribution < 1.29 is 5.11 Å². The van der Waals surface area contributed by atoms with Crippen molar-refractivity contribution in [2.45, 2.75) is 0 Å². The van der Waals surface area contributed by atoms with E-state index in [4.69, 9.17) is 5.11 Å². The third-order valence-electron chi connectivity index (χ3n) is 0. The van der Waals surface area contributed by atoms with Crippen molar-refractivity contribution >= 4 is 32.4 Å². The van der Waals surface area contributed by atoms with E-state index >= 15 is 0 Å². The van der Waals surface area contributed by atoms with Gasteiger partial charge in [-0.1, -0.05) is 0 Å². The van der Waals surface area contributed by atoms with E-state index in [1.165, 1.54) is 0 Å². The zero-order valence-electron chi connectivity index (χ0n) is 2.53. The summed E-state index contributed by atoms with van der Waals surface area (Å²) >= 11 is 4.64. The summed E-state index contributed by atoms with van der Waals surface area (Å²) in [5.41, 5.74) is 0. The second-order valence-electron chi connectivity index (χ2n) is 0. The minimum absolute atomic E-state index is 1.00. The molecule has 0 spiro atoms. The smallest absolute Gasteiger partial charge is 0.400 e. The predicted molar refractivity (Wildman–Crippen MR) is 22.8 cm³/mol. The molecule has 0 atom stereocenters. The van der Waals surface area contributed by atoms with Crippen LogP contribution in [0.25, 0.3) is 0 Å². The molecule has 0 rings (SSSR count). The molecule has 0 saturated carbocycles. The molecule has 1 N–H and O–H groups in total. The van der Waals surface area contributed by atoms with E-state index in [-0.39, 0.29) is 0 Å². The summed E-state index contributed by atoms with van der Waals surface area (Å²) in [6.45, 7) is 0. The van der Waals surface area contributed by atoms with Gasteiger partial charge in [-0.25, -0.2) is 0 Å². The van der Waals surface area contributed by atoms with Crippen LogP contribution in [0.1, 0.15) is 0 Å². The van der Waals surface area contributed by atoms with Gasteiger partial charge in [0.15, 0.2) is 0 Å². The van der Waals surface area contributed by atoms with Gasteiger partial charge in [0.05, 0.1) is 0 Å². The Morgan fingerprint density at radius 3 is 1.50 bits per heavy atom. The van der Waals surface area contributed by atoms with Crippen LogP contribution < -0.4 is 0 Å². The number of halogens is 1. The molecule has 0 bridgehead atoms. The minimum Gasteiger partial charge on any atom is -0.400 e. The second kappa shape index (κ2) is 29.7.